The lowest BCUT2D eigenvalue weighted by Gasteiger charge is -2.20. The molecule has 0 saturated carbocycles. The van der Waals surface area contributed by atoms with Crippen LogP contribution in [0.2, 0.25) is 0 Å². The molecule has 0 aliphatic heterocycles. The lowest BCUT2D eigenvalue weighted by Crippen LogP contribution is -2.35. The average molecular weight is 222 g/mol. The van der Waals surface area contributed by atoms with Crippen LogP contribution in [0.4, 0.5) is 10.5 Å². The molecule has 1 N–H and O–H groups in total. The second-order valence-electron chi connectivity index (χ2n) is 3.47. The molecule has 0 spiro atoms. The van der Waals surface area contributed by atoms with Gasteiger partial charge in [-0.25, -0.2) is 4.79 Å². The third-order valence-corrected chi connectivity index (χ3v) is 2.53. The smallest absolute Gasteiger partial charge is 0.321 e. The van der Waals surface area contributed by atoms with Crippen LogP contribution in [0.25, 0.3) is 0 Å². The summed E-state index contributed by atoms with van der Waals surface area (Å²) in [5, 5.41) is 2.58. The maximum atomic E-state index is 11.5. The first-order valence-electron chi connectivity index (χ1n) is 5.26. The van der Waals surface area contributed by atoms with Crippen molar-refractivity contribution in [3.8, 4) is 5.75 Å². The van der Waals surface area contributed by atoms with E-state index in [-0.39, 0.29) is 6.03 Å². The van der Waals surface area contributed by atoms with Crippen molar-refractivity contribution < 1.29 is 9.53 Å². The fourth-order valence-electron chi connectivity index (χ4n) is 1.49. The van der Waals surface area contributed by atoms with Crippen molar-refractivity contribution in [2.75, 3.05) is 26.1 Å². The molecule has 0 unspecified atom stereocenters. The molecule has 0 fully saturated rings. The van der Waals surface area contributed by atoms with Crippen LogP contribution in [0.15, 0.2) is 18.2 Å². The Balaban J connectivity index is 3.12. The van der Waals surface area contributed by atoms with E-state index in [0.717, 1.165) is 12.1 Å². The van der Waals surface area contributed by atoms with Gasteiger partial charge < -0.3 is 10.1 Å². The standard InChI is InChI=1S/C12H18N2O2/c1-5-9-6-7-11(16-4)10(8-9)14(3)12(15)13-2/h6-8H,5H2,1-4H3,(H,13,15). The molecule has 0 aromatic heterocycles. The Bertz CT molecular complexity index is 377. The Hall–Kier alpha value is -1.71. The van der Waals surface area contributed by atoms with E-state index in [9.17, 15) is 4.79 Å². The fourth-order valence-corrected chi connectivity index (χ4v) is 1.49. The minimum absolute atomic E-state index is 0.161. The van der Waals surface area contributed by atoms with Crippen LogP contribution in [0.5, 0.6) is 5.75 Å². The quantitative estimate of drug-likeness (QED) is 0.850. The largest absolute Gasteiger partial charge is 0.495 e. The van der Waals surface area contributed by atoms with E-state index < -0.39 is 0 Å². The molecule has 4 heteroatoms. The van der Waals surface area contributed by atoms with Crippen LogP contribution in [0.3, 0.4) is 0 Å². The Morgan fingerprint density at radius 3 is 2.69 bits per heavy atom. The minimum Gasteiger partial charge on any atom is -0.495 e. The summed E-state index contributed by atoms with van der Waals surface area (Å²) in [5.74, 6) is 0.698. The van der Waals surface area contributed by atoms with E-state index in [4.69, 9.17) is 4.74 Å². The highest BCUT2D eigenvalue weighted by Gasteiger charge is 2.13. The monoisotopic (exact) mass is 222 g/mol. The number of rotatable bonds is 3. The zero-order chi connectivity index (χ0) is 12.1. The lowest BCUT2D eigenvalue weighted by atomic mass is 10.1. The molecule has 88 valence electrons. The first-order valence-corrected chi connectivity index (χ1v) is 5.26. The third-order valence-electron chi connectivity index (χ3n) is 2.53. The van der Waals surface area contributed by atoms with Gasteiger partial charge in [0.1, 0.15) is 5.75 Å². The molecule has 1 aromatic rings. The molecule has 0 aliphatic rings. The first-order chi connectivity index (χ1) is 7.63. The number of carbonyl (C=O) groups is 1. The van der Waals surface area contributed by atoms with Crippen molar-refractivity contribution >= 4 is 11.7 Å². The topological polar surface area (TPSA) is 41.6 Å². The molecule has 4 nitrogen and oxygen atoms in total. The van der Waals surface area contributed by atoms with Gasteiger partial charge in [0.2, 0.25) is 0 Å². The number of hydrogen-bond acceptors (Lipinski definition) is 2. The number of urea groups is 1. The van der Waals surface area contributed by atoms with E-state index in [1.165, 1.54) is 10.5 Å². The average Bonchev–Trinajstić information content (AvgIpc) is 2.35. The maximum Gasteiger partial charge on any atom is 0.321 e. The van der Waals surface area contributed by atoms with E-state index in [1.54, 1.807) is 21.2 Å². The van der Waals surface area contributed by atoms with Gasteiger partial charge in [0, 0.05) is 14.1 Å². The van der Waals surface area contributed by atoms with Gasteiger partial charge in [-0.15, -0.1) is 0 Å². The summed E-state index contributed by atoms with van der Waals surface area (Å²) in [4.78, 5) is 13.1. The summed E-state index contributed by atoms with van der Waals surface area (Å²) in [6.07, 6.45) is 0.929. The molecule has 0 aliphatic carbocycles. The highest BCUT2D eigenvalue weighted by molar-refractivity contribution is 5.92. The number of anilines is 1. The molecule has 1 aromatic carbocycles. The van der Waals surface area contributed by atoms with Crippen molar-refractivity contribution in [2.24, 2.45) is 0 Å². The van der Waals surface area contributed by atoms with Crippen LogP contribution in [0, 0.1) is 0 Å². The number of carbonyl (C=O) groups excluding carboxylic acids is 1. The molecular weight excluding hydrogens is 204 g/mol. The minimum atomic E-state index is -0.161. The van der Waals surface area contributed by atoms with Gasteiger partial charge in [0.15, 0.2) is 0 Å². The number of aryl methyl sites for hydroxylation is 1. The third kappa shape index (κ3) is 2.45. The SMILES string of the molecule is CCc1ccc(OC)c(N(C)C(=O)NC)c1. The van der Waals surface area contributed by atoms with Crippen LogP contribution in [0.1, 0.15) is 12.5 Å². The number of amides is 2. The number of ether oxygens (including phenoxy) is 1. The molecule has 0 atom stereocenters. The fraction of sp³-hybridized carbons (Fsp3) is 0.417. The van der Waals surface area contributed by atoms with Gasteiger partial charge in [-0.2, -0.15) is 0 Å². The number of methoxy groups -OCH3 is 1. The van der Waals surface area contributed by atoms with Crippen LogP contribution in [-0.4, -0.2) is 27.2 Å². The Labute approximate surface area is 96.2 Å². The summed E-state index contributed by atoms with van der Waals surface area (Å²) < 4.78 is 5.24. The molecule has 0 bridgehead atoms. The summed E-state index contributed by atoms with van der Waals surface area (Å²) in [7, 11) is 4.92. The molecule has 0 heterocycles. The number of nitrogens with one attached hydrogen (secondary N) is 1. The van der Waals surface area contributed by atoms with Gasteiger partial charge >= 0.3 is 6.03 Å². The number of benzene rings is 1. The Morgan fingerprint density at radius 2 is 2.19 bits per heavy atom. The molecule has 2 amide bonds. The van der Waals surface area contributed by atoms with Crippen molar-refractivity contribution in [2.45, 2.75) is 13.3 Å². The first kappa shape index (κ1) is 12.4. The van der Waals surface area contributed by atoms with Crippen molar-refractivity contribution in [3.05, 3.63) is 23.8 Å². The second kappa shape index (κ2) is 5.39. The number of nitrogens with zero attached hydrogens (tertiary/aromatic N) is 1. The summed E-state index contributed by atoms with van der Waals surface area (Å²) >= 11 is 0. The molecule has 1 rings (SSSR count). The van der Waals surface area contributed by atoms with E-state index >= 15 is 0 Å². The van der Waals surface area contributed by atoms with Crippen molar-refractivity contribution in [1.82, 2.24) is 5.32 Å². The van der Waals surface area contributed by atoms with Crippen LogP contribution in [-0.2, 0) is 6.42 Å². The Morgan fingerprint density at radius 1 is 1.50 bits per heavy atom. The zero-order valence-corrected chi connectivity index (χ0v) is 10.2. The highest BCUT2D eigenvalue weighted by atomic mass is 16.5. The Kier molecular flexibility index (Phi) is 4.17. The van der Waals surface area contributed by atoms with Gasteiger partial charge in [-0.3, -0.25) is 4.90 Å². The van der Waals surface area contributed by atoms with E-state index in [2.05, 4.69) is 12.2 Å². The van der Waals surface area contributed by atoms with Gasteiger partial charge in [-0.05, 0) is 24.1 Å². The molecular formula is C12H18N2O2. The van der Waals surface area contributed by atoms with Gasteiger partial charge in [0.05, 0.1) is 12.8 Å². The molecule has 0 saturated heterocycles. The maximum absolute atomic E-state index is 11.5. The zero-order valence-electron chi connectivity index (χ0n) is 10.2. The van der Waals surface area contributed by atoms with Crippen molar-refractivity contribution in [3.63, 3.8) is 0 Å². The lowest BCUT2D eigenvalue weighted by molar-refractivity contribution is 0.249. The predicted molar refractivity (Wildman–Crippen MR) is 65.2 cm³/mol. The second-order valence-corrected chi connectivity index (χ2v) is 3.47. The molecule has 16 heavy (non-hydrogen) atoms. The summed E-state index contributed by atoms with van der Waals surface area (Å²) in [6.45, 7) is 2.07. The molecule has 0 radical (unpaired) electrons. The van der Waals surface area contributed by atoms with E-state index in [0.29, 0.717) is 5.75 Å². The highest BCUT2D eigenvalue weighted by Crippen LogP contribution is 2.28. The normalized spacial score (nSPS) is 9.75. The summed E-state index contributed by atoms with van der Waals surface area (Å²) in [5.41, 5.74) is 1.95. The van der Waals surface area contributed by atoms with Gasteiger partial charge in [0.25, 0.3) is 0 Å². The number of hydrogen-bond donors (Lipinski definition) is 1. The van der Waals surface area contributed by atoms with Crippen LogP contribution >= 0.6 is 0 Å². The summed E-state index contributed by atoms with van der Waals surface area (Å²) in [6, 6.07) is 5.69. The van der Waals surface area contributed by atoms with Crippen molar-refractivity contribution in [1.29, 1.82) is 0 Å². The van der Waals surface area contributed by atoms with E-state index in [1.807, 2.05) is 18.2 Å². The predicted octanol–water partition coefficient (Wildman–Crippen LogP) is 2.03. The van der Waals surface area contributed by atoms with Gasteiger partial charge in [-0.1, -0.05) is 13.0 Å². The van der Waals surface area contributed by atoms with Crippen LogP contribution < -0.4 is 15.0 Å².